The van der Waals surface area contributed by atoms with Crippen molar-refractivity contribution in [2.24, 2.45) is 7.05 Å². The van der Waals surface area contributed by atoms with Crippen LogP contribution >= 0.6 is 0 Å². The molecule has 0 radical (unpaired) electrons. The van der Waals surface area contributed by atoms with Crippen LogP contribution in [0.4, 0.5) is 5.69 Å². The summed E-state index contributed by atoms with van der Waals surface area (Å²) in [6, 6.07) is 10.3. The maximum absolute atomic E-state index is 12.7. The van der Waals surface area contributed by atoms with E-state index in [-0.39, 0.29) is 11.0 Å². The lowest BCUT2D eigenvalue weighted by atomic mass is 10.3. The molecule has 8 heteroatoms. The van der Waals surface area contributed by atoms with Crippen molar-refractivity contribution in [1.82, 2.24) is 14.1 Å². The number of aryl methyl sites for hydroxylation is 1. The first-order valence-corrected chi connectivity index (χ1v) is 7.50. The number of anilines is 1. The van der Waals surface area contributed by atoms with Gasteiger partial charge in [-0.2, -0.15) is 0 Å². The second kappa shape index (κ2) is 6.60. The molecule has 0 aliphatic rings. The molecule has 0 bridgehead atoms. The highest BCUT2D eigenvalue weighted by molar-refractivity contribution is 5.90. The summed E-state index contributed by atoms with van der Waals surface area (Å²) in [6.45, 7) is -0.408. The summed E-state index contributed by atoms with van der Waals surface area (Å²) >= 11 is 0. The molecule has 1 N–H and O–H groups in total. The number of nitrogens with zero attached hydrogens (tertiary/aromatic N) is 3. The average Bonchev–Trinajstić information content (AvgIpc) is 2.63. The third-order valence-corrected chi connectivity index (χ3v) is 3.77. The quantitative estimate of drug-likeness (QED) is 0.756. The van der Waals surface area contributed by atoms with Gasteiger partial charge in [0.1, 0.15) is 17.7 Å². The number of benzene rings is 1. The molecular formula is C17H16N4O4. The van der Waals surface area contributed by atoms with Gasteiger partial charge in [0, 0.05) is 18.9 Å². The van der Waals surface area contributed by atoms with Gasteiger partial charge in [-0.05, 0) is 18.2 Å². The highest BCUT2D eigenvalue weighted by Crippen LogP contribution is 2.18. The molecule has 1 aromatic carbocycles. The largest absolute Gasteiger partial charge is 0.496 e. The van der Waals surface area contributed by atoms with Crippen LogP contribution in [0.15, 0.2) is 52.2 Å². The van der Waals surface area contributed by atoms with Crippen molar-refractivity contribution in [3.8, 4) is 5.75 Å². The minimum Gasteiger partial charge on any atom is -0.496 e. The van der Waals surface area contributed by atoms with Crippen molar-refractivity contribution >= 4 is 22.6 Å². The molecule has 2 heterocycles. The van der Waals surface area contributed by atoms with Crippen LogP contribution in [0.3, 0.4) is 0 Å². The van der Waals surface area contributed by atoms with Gasteiger partial charge in [0.25, 0.3) is 5.56 Å². The molecule has 128 valence electrons. The Morgan fingerprint density at radius 3 is 2.60 bits per heavy atom. The van der Waals surface area contributed by atoms with E-state index in [9.17, 15) is 14.4 Å². The molecule has 0 fully saturated rings. The van der Waals surface area contributed by atoms with Crippen LogP contribution < -0.4 is 21.3 Å². The Labute approximate surface area is 142 Å². The summed E-state index contributed by atoms with van der Waals surface area (Å²) < 4.78 is 7.27. The van der Waals surface area contributed by atoms with E-state index >= 15 is 0 Å². The van der Waals surface area contributed by atoms with Crippen LogP contribution in [-0.4, -0.2) is 27.1 Å². The summed E-state index contributed by atoms with van der Waals surface area (Å²) in [7, 11) is 2.91. The standard InChI is InChI=1S/C17H16N4O4/c1-20-15-14(12(25-2)8-9-18-15)16(23)21(17(20)24)10-13(22)19-11-6-4-3-5-7-11/h3-9H,10H2,1-2H3,(H,19,22). The van der Waals surface area contributed by atoms with Gasteiger partial charge in [-0.25, -0.2) is 14.3 Å². The SMILES string of the molecule is COc1ccnc2c1c(=O)n(CC(=O)Nc1ccccc1)c(=O)n2C. The first kappa shape index (κ1) is 16.4. The highest BCUT2D eigenvalue weighted by atomic mass is 16.5. The van der Waals surface area contributed by atoms with Crippen molar-refractivity contribution in [2.45, 2.75) is 6.54 Å². The van der Waals surface area contributed by atoms with Crippen LogP contribution in [0, 0.1) is 0 Å². The fourth-order valence-electron chi connectivity index (χ4n) is 2.56. The Morgan fingerprint density at radius 1 is 1.20 bits per heavy atom. The maximum atomic E-state index is 12.7. The molecule has 0 unspecified atom stereocenters. The van der Waals surface area contributed by atoms with Crippen molar-refractivity contribution in [3.63, 3.8) is 0 Å². The summed E-state index contributed by atoms with van der Waals surface area (Å²) in [4.78, 5) is 41.5. The monoisotopic (exact) mass is 340 g/mol. The van der Waals surface area contributed by atoms with E-state index in [1.807, 2.05) is 6.07 Å². The number of amides is 1. The molecule has 3 aromatic rings. The number of hydrogen-bond acceptors (Lipinski definition) is 5. The lowest BCUT2D eigenvalue weighted by molar-refractivity contribution is -0.116. The number of pyridine rings is 1. The topological polar surface area (TPSA) is 95.2 Å². The van der Waals surface area contributed by atoms with Crippen LogP contribution in [-0.2, 0) is 18.4 Å². The van der Waals surface area contributed by atoms with Crippen LogP contribution in [0.1, 0.15) is 0 Å². The normalized spacial score (nSPS) is 10.6. The summed E-state index contributed by atoms with van der Waals surface area (Å²) in [5.74, 6) is -0.185. The van der Waals surface area contributed by atoms with Gasteiger partial charge < -0.3 is 10.1 Å². The number of para-hydroxylation sites is 1. The molecule has 25 heavy (non-hydrogen) atoms. The average molecular weight is 340 g/mol. The Kier molecular flexibility index (Phi) is 4.34. The van der Waals surface area contributed by atoms with Gasteiger partial charge in [-0.3, -0.25) is 14.2 Å². The fraction of sp³-hybridized carbons (Fsp3) is 0.176. The van der Waals surface area contributed by atoms with Crippen LogP contribution in [0.5, 0.6) is 5.75 Å². The number of rotatable bonds is 4. The van der Waals surface area contributed by atoms with Gasteiger partial charge >= 0.3 is 5.69 Å². The van der Waals surface area contributed by atoms with Crippen molar-refractivity contribution in [2.75, 3.05) is 12.4 Å². The van der Waals surface area contributed by atoms with Gasteiger partial charge in [-0.1, -0.05) is 18.2 Å². The van der Waals surface area contributed by atoms with Gasteiger partial charge in [0.2, 0.25) is 5.91 Å². The minimum atomic E-state index is -0.624. The smallest absolute Gasteiger partial charge is 0.332 e. The Morgan fingerprint density at radius 2 is 1.92 bits per heavy atom. The van der Waals surface area contributed by atoms with Crippen molar-refractivity contribution in [1.29, 1.82) is 0 Å². The zero-order chi connectivity index (χ0) is 18.0. The Hall–Kier alpha value is -3.42. The number of fused-ring (bicyclic) bond motifs is 1. The van der Waals surface area contributed by atoms with E-state index in [2.05, 4.69) is 10.3 Å². The zero-order valence-corrected chi connectivity index (χ0v) is 13.7. The van der Waals surface area contributed by atoms with Crippen molar-refractivity contribution < 1.29 is 9.53 Å². The van der Waals surface area contributed by atoms with Gasteiger partial charge in [0.05, 0.1) is 7.11 Å². The summed E-state index contributed by atoms with van der Waals surface area (Å²) in [6.07, 6.45) is 1.45. The second-order valence-electron chi connectivity index (χ2n) is 5.36. The summed E-state index contributed by atoms with van der Waals surface area (Å²) in [5, 5.41) is 2.80. The predicted octanol–water partition coefficient (Wildman–Crippen LogP) is 0.742. The predicted molar refractivity (Wildman–Crippen MR) is 92.9 cm³/mol. The number of carbonyl (C=O) groups excluding carboxylic acids is 1. The minimum absolute atomic E-state index is 0.152. The van der Waals surface area contributed by atoms with Gasteiger partial charge in [-0.15, -0.1) is 0 Å². The Bertz CT molecular complexity index is 1050. The van der Waals surface area contributed by atoms with E-state index in [4.69, 9.17) is 4.74 Å². The molecule has 0 aliphatic carbocycles. The van der Waals surface area contributed by atoms with Gasteiger partial charge in [0.15, 0.2) is 5.65 Å². The number of hydrogen-bond donors (Lipinski definition) is 1. The number of aromatic nitrogens is 3. The van der Waals surface area contributed by atoms with E-state index < -0.39 is 23.7 Å². The number of methoxy groups -OCH3 is 1. The van der Waals surface area contributed by atoms with E-state index in [1.165, 1.54) is 31.0 Å². The lowest BCUT2D eigenvalue weighted by Crippen LogP contribution is -2.42. The first-order valence-electron chi connectivity index (χ1n) is 7.50. The second-order valence-corrected chi connectivity index (χ2v) is 5.36. The Balaban J connectivity index is 2.06. The molecule has 0 atom stereocenters. The lowest BCUT2D eigenvalue weighted by Gasteiger charge is -2.12. The zero-order valence-electron chi connectivity index (χ0n) is 13.7. The molecule has 0 aliphatic heterocycles. The molecule has 8 nitrogen and oxygen atoms in total. The van der Waals surface area contributed by atoms with E-state index in [0.717, 1.165) is 4.57 Å². The van der Waals surface area contributed by atoms with Crippen LogP contribution in [0.25, 0.3) is 11.0 Å². The van der Waals surface area contributed by atoms with E-state index in [1.54, 1.807) is 24.3 Å². The number of ether oxygens (including phenoxy) is 1. The van der Waals surface area contributed by atoms with Crippen LogP contribution in [0.2, 0.25) is 0 Å². The molecule has 2 aromatic heterocycles. The van der Waals surface area contributed by atoms with E-state index in [0.29, 0.717) is 11.4 Å². The third kappa shape index (κ3) is 3.01. The van der Waals surface area contributed by atoms with Crippen molar-refractivity contribution in [3.05, 3.63) is 63.4 Å². The number of nitrogens with one attached hydrogen (secondary N) is 1. The molecule has 1 amide bonds. The number of carbonyl (C=O) groups is 1. The molecule has 0 saturated carbocycles. The highest BCUT2D eigenvalue weighted by Gasteiger charge is 2.17. The first-order chi connectivity index (χ1) is 12.0. The third-order valence-electron chi connectivity index (χ3n) is 3.77. The molecule has 0 saturated heterocycles. The summed E-state index contributed by atoms with van der Waals surface area (Å²) in [5.41, 5.74) is -0.459. The molecular weight excluding hydrogens is 324 g/mol. The maximum Gasteiger partial charge on any atom is 0.332 e. The molecule has 0 spiro atoms. The molecule has 3 rings (SSSR count). The fourth-order valence-corrected chi connectivity index (χ4v) is 2.56.